The van der Waals surface area contributed by atoms with Crippen molar-refractivity contribution in [2.45, 2.75) is 27.3 Å². The minimum Gasteiger partial charge on any atom is -0.351 e. The van der Waals surface area contributed by atoms with Crippen LogP contribution in [-0.4, -0.2) is 30.5 Å². The fourth-order valence-electron chi connectivity index (χ4n) is 2.90. The molecule has 0 unspecified atom stereocenters. The van der Waals surface area contributed by atoms with E-state index in [1.807, 2.05) is 51.1 Å². The van der Waals surface area contributed by atoms with Gasteiger partial charge in [-0.3, -0.25) is 4.79 Å². The summed E-state index contributed by atoms with van der Waals surface area (Å²) in [7, 11) is 0. The van der Waals surface area contributed by atoms with E-state index in [1.165, 1.54) is 0 Å². The Labute approximate surface area is 144 Å². The summed E-state index contributed by atoms with van der Waals surface area (Å²) in [6.07, 6.45) is 0. The number of hydrogen-bond donors (Lipinski definition) is 2. The van der Waals surface area contributed by atoms with E-state index in [4.69, 9.17) is 0 Å². The van der Waals surface area contributed by atoms with Crippen molar-refractivity contribution >= 4 is 22.6 Å². The van der Waals surface area contributed by atoms with Crippen molar-refractivity contribution < 1.29 is 4.79 Å². The van der Waals surface area contributed by atoms with Crippen LogP contribution in [0.3, 0.4) is 0 Å². The van der Waals surface area contributed by atoms with Crippen LogP contribution < -0.4 is 5.32 Å². The number of aryl methyl sites for hydroxylation is 3. The summed E-state index contributed by atoms with van der Waals surface area (Å²) in [4.78, 5) is 24.3. The zero-order chi connectivity index (χ0) is 17.6. The van der Waals surface area contributed by atoms with E-state index < -0.39 is 0 Å². The number of rotatable bonds is 3. The molecule has 0 atom stereocenters. The van der Waals surface area contributed by atoms with Crippen molar-refractivity contribution in [3.63, 3.8) is 0 Å². The van der Waals surface area contributed by atoms with Crippen molar-refractivity contribution in [2.75, 3.05) is 0 Å². The third kappa shape index (κ3) is 2.84. The zero-order valence-electron chi connectivity index (χ0n) is 14.3. The Morgan fingerprint density at radius 2 is 2.00 bits per heavy atom. The number of carbonyl (C=O) groups is 1. The van der Waals surface area contributed by atoms with E-state index in [-0.39, 0.29) is 12.5 Å². The molecule has 0 saturated carbocycles. The SMILES string of the molecule is Cc1ccc2cc(C(=O)NCc3nc4nc(C)cc(C)n4n3)[nH]c2c1. The highest BCUT2D eigenvalue weighted by atomic mass is 16.1. The fourth-order valence-corrected chi connectivity index (χ4v) is 2.90. The van der Waals surface area contributed by atoms with Crippen LogP contribution in [0.2, 0.25) is 0 Å². The molecule has 4 aromatic rings. The van der Waals surface area contributed by atoms with Gasteiger partial charge in [0.2, 0.25) is 0 Å². The predicted octanol–water partition coefficient (Wildman–Crippen LogP) is 2.46. The maximum atomic E-state index is 12.4. The van der Waals surface area contributed by atoms with Crippen LogP contribution in [0.15, 0.2) is 30.3 Å². The molecule has 0 aliphatic rings. The van der Waals surface area contributed by atoms with Crippen molar-refractivity contribution in [1.82, 2.24) is 29.9 Å². The first kappa shape index (κ1) is 15.3. The van der Waals surface area contributed by atoms with Crippen LogP contribution in [0.4, 0.5) is 0 Å². The van der Waals surface area contributed by atoms with Gasteiger partial charge in [-0.1, -0.05) is 12.1 Å². The van der Waals surface area contributed by atoms with Gasteiger partial charge < -0.3 is 10.3 Å². The largest absolute Gasteiger partial charge is 0.351 e. The number of nitrogens with zero attached hydrogens (tertiary/aromatic N) is 4. The summed E-state index contributed by atoms with van der Waals surface area (Å²) >= 11 is 0. The van der Waals surface area contributed by atoms with Crippen LogP contribution >= 0.6 is 0 Å². The third-order valence-corrected chi connectivity index (χ3v) is 4.09. The molecule has 1 amide bonds. The molecule has 25 heavy (non-hydrogen) atoms. The van der Waals surface area contributed by atoms with Gasteiger partial charge >= 0.3 is 0 Å². The van der Waals surface area contributed by atoms with E-state index in [0.717, 1.165) is 27.9 Å². The van der Waals surface area contributed by atoms with E-state index in [0.29, 0.717) is 17.3 Å². The minimum absolute atomic E-state index is 0.187. The van der Waals surface area contributed by atoms with Gasteiger partial charge in [-0.15, -0.1) is 5.10 Å². The van der Waals surface area contributed by atoms with Gasteiger partial charge in [0.15, 0.2) is 5.82 Å². The molecular formula is C18H18N6O. The van der Waals surface area contributed by atoms with Gasteiger partial charge in [-0.05, 0) is 44.5 Å². The Morgan fingerprint density at radius 1 is 1.16 bits per heavy atom. The van der Waals surface area contributed by atoms with Gasteiger partial charge in [-0.25, -0.2) is 9.50 Å². The number of hydrogen-bond acceptors (Lipinski definition) is 4. The molecule has 1 aromatic carbocycles. The Bertz CT molecular complexity index is 1110. The highest BCUT2D eigenvalue weighted by molar-refractivity contribution is 5.98. The van der Waals surface area contributed by atoms with Crippen molar-refractivity contribution in [2.24, 2.45) is 0 Å². The van der Waals surface area contributed by atoms with Crippen molar-refractivity contribution in [3.8, 4) is 0 Å². The Balaban J connectivity index is 1.53. The van der Waals surface area contributed by atoms with Gasteiger partial charge in [0.1, 0.15) is 5.69 Å². The normalized spacial score (nSPS) is 11.3. The summed E-state index contributed by atoms with van der Waals surface area (Å²) in [5.74, 6) is 0.887. The molecule has 0 radical (unpaired) electrons. The summed E-state index contributed by atoms with van der Waals surface area (Å²) in [6.45, 7) is 6.13. The molecule has 7 heteroatoms. The van der Waals surface area contributed by atoms with Gasteiger partial charge in [-0.2, -0.15) is 4.98 Å². The number of amides is 1. The fraction of sp³-hybridized carbons (Fsp3) is 0.222. The highest BCUT2D eigenvalue weighted by Crippen LogP contribution is 2.16. The lowest BCUT2D eigenvalue weighted by atomic mass is 10.2. The number of H-pyrrole nitrogens is 1. The Morgan fingerprint density at radius 3 is 2.84 bits per heavy atom. The van der Waals surface area contributed by atoms with E-state index >= 15 is 0 Å². The number of aromatic amines is 1. The second-order valence-corrected chi connectivity index (χ2v) is 6.24. The lowest BCUT2D eigenvalue weighted by Gasteiger charge is -1.99. The summed E-state index contributed by atoms with van der Waals surface area (Å²) in [5.41, 5.74) is 4.47. The zero-order valence-corrected chi connectivity index (χ0v) is 14.3. The van der Waals surface area contributed by atoms with Gasteiger partial charge in [0.05, 0.1) is 6.54 Å². The minimum atomic E-state index is -0.187. The Kier molecular flexibility index (Phi) is 3.49. The molecule has 0 fully saturated rings. The molecule has 0 aliphatic heterocycles. The maximum absolute atomic E-state index is 12.4. The molecule has 7 nitrogen and oxygen atoms in total. The van der Waals surface area contributed by atoms with E-state index in [9.17, 15) is 4.79 Å². The lowest BCUT2D eigenvalue weighted by molar-refractivity contribution is 0.0945. The standard InChI is InChI=1S/C18H18N6O/c1-10-4-5-13-8-15(21-14(13)6-10)17(25)19-9-16-22-18-20-11(2)7-12(3)24(18)23-16/h4-8,21H,9H2,1-3H3,(H,19,25). The molecular weight excluding hydrogens is 316 g/mol. The summed E-state index contributed by atoms with van der Waals surface area (Å²) in [5, 5.41) is 8.25. The number of benzene rings is 1. The topological polar surface area (TPSA) is 88.0 Å². The first-order valence-corrected chi connectivity index (χ1v) is 8.07. The third-order valence-electron chi connectivity index (χ3n) is 4.09. The maximum Gasteiger partial charge on any atom is 0.268 e. The molecule has 3 heterocycles. The molecule has 3 aromatic heterocycles. The van der Waals surface area contributed by atoms with Crippen LogP contribution in [0, 0.1) is 20.8 Å². The first-order chi connectivity index (χ1) is 12.0. The van der Waals surface area contributed by atoms with Gasteiger partial charge in [0.25, 0.3) is 11.7 Å². The molecule has 126 valence electrons. The quantitative estimate of drug-likeness (QED) is 0.602. The lowest BCUT2D eigenvalue weighted by Crippen LogP contribution is -2.23. The molecule has 0 bridgehead atoms. The van der Waals surface area contributed by atoms with Crippen molar-refractivity contribution in [1.29, 1.82) is 0 Å². The van der Waals surface area contributed by atoms with Crippen LogP contribution in [0.25, 0.3) is 16.7 Å². The van der Waals surface area contributed by atoms with Gasteiger partial charge in [0, 0.05) is 22.3 Å². The first-order valence-electron chi connectivity index (χ1n) is 8.07. The van der Waals surface area contributed by atoms with Crippen LogP contribution in [0.5, 0.6) is 0 Å². The summed E-state index contributed by atoms with van der Waals surface area (Å²) < 4.78 is 1.68. The molecule has 2 N–H and O–H groups in total. The Hall–Kier alpha value is -3.22. The average Bonchev–Trinajstić information content (AvgIpc) is 3.15. The van der Waals surface area contributed by atoms with Crippen LogP contribution in [-0.2, 0) is 6.54 Å². The molecule has 0 spiro atoms. The summed E-state index contributed by atoms with van der Waals surface area (Å²) in [6, 6.07) is 9.83. The number of carbonyl (C=O) groups excluding carboxylic acids is 1. The van der Waals surface area contributed by atoms with E-state index in [1.54, 1.807) is 4.52 Å². The molecule has 0 aliphatic carbocycles. The smallest absolute Gasteiger partial charge is 0.268 e. The average molecular weight is 334 g/mol. The predicted molar refractivity (Wildman–Crippen MR) is 94.5 cm³/mol. The number of fused-ring (bicyclic) bond motifs is 2. The highest BCUT2D eigenvalue weighted by Gasteiger charge is 2.12. The van der Waals surface area contributed by atoms with Crippen LogP contribution in [0.1, 0.15) is 33.3 Å². The molecule has 0 saturated heterocycles. The number of aromatic nitrogens is 5. The second-order valence-electron chi connectivity index (χ2n) is 6.24. The van der Waals surface area contributed by atoms with Crippen molar-refractivity contribution in [3.05, 3.63) is 58.8 Å². The second kappa shape index (κ2) is 5.70. The van der Waals surface area contributed by atoms with E-state index in [2.05, 4.69) is 25.4 Å². The molecule has 4 rings (SSSR count). The monoisotopic (exact) mass is 334 g/mol. The number of nitrogens with one attached hydrogen (secondary N) is 2.